The first-order chi connectivity index (χ1) is 8.95. The Morgan fingerprint density at radius 2 is 1.95 bits per heavy atom. The fourth-order valence-corrected chi connectivity index (χ4v) is 1.50. The first kappa shape index (κ1) is 15.9. The van der Waals surface area contributed by atoms with E-state index < -0.39 is 17.6 Å². The molecule has 108 valence electrons. The van der Waals surface area contributed by atoms with Gasteiger partial charge < -0.3 is 15.2 Å². The van der Waals surface area contributed by atoms with Crippen LogP contribution in [0, 0.1) is 5.82 Å². The Kier molecular flexibility index (Phi) is 6.20. The average molecular weight is 281 g/mol. The predicted octanol–water partition coefficient (Wildman–Crippen LogP) is 1.94. The maximum atomic E-state index is 12.8. The molecule has 0 fully saturated rings. The molecule has 3 nitrogen and oxygen atoms in total. The number of hydrogen-bond donors (Lipinski definition) is 2. The first-order valence-electron chi connectivity index (χ1n) is 5.70. The van der Waals surface area contributed by atoms with Gasteiger partial charge in [0.25, 0.3) is 0 Å². The van der Waals surface area contributed by atoms with Gasteiger partial charge in [0.15, 0.2) is 0 Å². The summed E-state index contributed by atoms with van der Waals surface area (Å²) in [5.74, 6) is -0.914. The predicted molar refractivity (Wildman–Crippen MR) is 61.0 cm³/mol. The normalized spacial score (nSPS) is 11.8. The Morgan fingerprint density at radius 3 is 2.58 bits per heavy atom. The van der Waals surface area contributed by atoms with Crippen LogP contribution < -0.4 is 5.32 Å². The number of ether oxygens (including phenoxy) is 1. The van der Waals surface area contributed by atoms with Crippen molar-refractivity contribution in [1.29, 1.82) is 0 Å². The van der Waals surface area contributed by atoms with E-state index in [2.05, 4.69) is 5.32 Å². The van der Waals surface area contributed by atoms with Crippen LogP contribution in [0.15, 0.2) is 18.2 Å². The Hall–Kier alpha value is -1.18. The number of halogens is 4. The van der Waals surface area contributed by atoms with Gasteiger partial charge in [0.2, 0.25) is 0 Å². The van der Waals surface area contributed by atoms with E-state index in [-0.39, 0.29) is 31.9 Å². The number of rotatable bonds is 7. The van der Waals surface area contributed by atoms with Crippen LogP contribution in [0.5, 0.6) is 0 Å². The van der Waals surface area contributed by atoms with Gasteiger partial charge in [-0.05, 0) is 17.7 Å². The molecule has 2 N–H and O–H groups in total. The largest absolute Gasteiger partial charge is 0.416 e. The van der Waals surface area contributed by atoms with Gasteiger partial charge in [-0.15, -0.1) is 0 Å². The van der Waals surface area contributed by atoms with Crippen LogP contribution in [-0.2, 0) is 17.5 Å². The molecule has 7 heteroatoms. The van der Waals surface area contributed by atoms with Crippen molar-refractivity contribution in [3.63, 3.8) is 0 Å². The van der Waals surface area contributed by atoms with Crippen LogP contribution in [0.25, 0.3) is 0 Å². The summed E-state index contributed by atoms with van der Waals surface area (Å²) in [6.45, 7) is 0.678. The first-order valence-corrected chi connectivity index (χ1v) is 5.70. The maximum absolute atomic E-state index is 12.8. The molecular formula is C12H15F4NO2. The zero-order valence-corrected chi connectivity index (χ0v) is 10.1. The number of aliphatic hydroxyl groups is 1. The summed E-state index contributed by atoms with van der Waals surface area (Å²) in [7, 11) is 0. The Morgan fingerprint density at radius 1 is 1.21 bits per heavy atom. The molecule has 0 spiro atoms. The average Bonchev–Trinajstić information content (AvgIpc) is 2.34. The lowest BCUT2D eigenvalue weighted by molar-refractivity contribution is -0.138. The summed E-state index contributed by atoms with van der Waals surface area (Å²) >= 11 is 0. The smallest absolute Gasteiger partial charge is 0.394 e. The molecule has 0 amide bonds. The molecule has 0 unspecified atom stereocenters. The van der Waals surface area contributed by atoms with Crippen LogP contribution in [0.3, 0.4) is 0 Å². The molecule has 0 aliphatic carbocycles. The molecule has 1 aromatic carbocycles. The zero-order chi connectivity index (χ0) is 14.3. The summed E-state index contributed by atoms with van der Waals surface area (Å²) in [5, 5.41) is 11.2. The van der Waals surface area contributed by atoms with E-state index >= 15 is 0 Å². The highest BCUT2D eigenvalue weighted by atomic mass is 19.4. The molecule has 19 heavy (non-hydrogen) atoms. The number of hydrogen-bond acceptors (Lipinski definition) is 3. The van der Waals surface area contributed by atoms with Crippen molar-refractivity contribution in [2.75, 3.05) is 26.4 Å². The molecule has 1 rings (SSSR count). The second-order valence-corrected chi connectivity index (χ2v) is 3.81. The monoisotopic (exact) mass is 281 g/mol. The highest BCUT2D eigenvalue weighted by molar-refractivity contribution is 5.30. The van der Waals surface area contributed by atoms with Crippen LogP contribution in [0.1, 0.15) is 11.1 Å². The van der Waals surface area contributed by atoms with Crippen molar-refractivity contribution in [2.24, 2.45) is 0 Å². The van der Waals surface area contributed by atoms with Gasteiger partial charge in [-0.25, -0.2) is 4.39 Å². The molecule has 1 aromatic rings. The van der Waals surface area contributed by atoms with Gasteiger partial charge in [-0.2, -0.15) is 13.2 Å². The van der Waals surface area contributed by atoms with Gasteiger partial charge in [0.1, 0.15) is 5.82 Å². The minimum Gasteiger partial charge on any atom is -0.394 e. The van der Waals surface area contributed by atoms with E-state index in [4.69, 9.17) is 9.84 Å². The van der Waals surface area contributed by atoms with Crippen LogP contribution in [-0.4, -0.2) is 31.5 Å². The Bertz CT molecular complexity index is 396. The topological polar surface area (TPSA) is 41.5 Å². The molecule has 0 bridgehead atoms. The quantitative estimate of drug-likeness (QED) is 0.593. The van der Waals surface area contributed by atoms with E-state index in [1.165, 1.54) is 0 Å². The lowest BCUT2D eigenvalue weighted by Crippen LogP contribution is -2.22. The number of nitrogens with one attached hydrogen (secondary N) is 1. The summed E-state index contributed by atoms with van der Waals surface area (Å²) in [6.07, 6.45) is -4.58. The summed E-state index contributed by atoms with van der Waals surface area (Å²) in [4.78, 5) is 0. The maximum Gasteiger partial charge on any atom is 0.416 e. The van der Waals surface area contributed by atoms with Gasteiger partial charge in [0.05, 0.1) is 25.4 Å². The SMILES string of the molecule is OCCOCCNCc1ccc(F)cc1C(F)(F)F. The van der Waals surface area contributed by atoms with Crippen molar-refractivity contribution < 1.29 is 27.4 Å². The molecule has 0 heterocycles. The van der Waals surface area contributed by atoms with Crippen LogP contribution in [0.2, 0.25) is 0 Å². The molecule has 0 radical (unpaired) electrons. The van der Waals surface area contributed by atoms with Gasteiger partial charge in [0, 0.05) is 13.1 Å². The second kappa shape index (κ2) is 7.42. The van der Waals surface area contributed by atoms with Gasteiger partial charge in [-0.3, -0.25) is 0 Å². The molecule has 0 saturated heterocycles. The molecule has 0 aromatic heterocycles. The van der Waals surface area contributed by atoms with E-state index in [0.29, 0.717) is 12.6 Å². The van der Waals surface area contributed by atoms with Gasteiger partial charge in [-0.1, -0.05) is 6.07 Å². The number of aliphatic hydroxyl groups excluding tert-OH is 1. The fraction of sp³-hybridized carbons (Fsp3) is 0.500. The molecule has 0 atom stereocenters. The Balaban J connectivity index is 2.54. The molecule has 0 aliphatic heterocycles. The third kappa shape index (κ3) is 5.54. The molecule has 0 saturated carbocycles. The number of benzene rings is 1. The second-order valence-electron chi connectivity index (χ2n) is 3.81. The van der Waals surface area contributed by atoms with E-state index in [0.717, 1.165) is 12.1 Å². The van der Waals surface area contributed by atoms with E-state index in [9.17, 15) is 17.6 Å². The minimum atomic E-state index is -4.58. The molecule has 0 aliphatic rings. The summed E-state index contributed by atoms with van der Waals surface area (Å²) in [6, 6.07) is 2.59. The van der Waals surface area contributed by atoms with Crippen molar-refractivity contribution in [3.8, 4) is 0 Å². The lowest BCUT2D eigenvalue weighted by Gasteiger charge is -2.13. The standard InChI is InChI=1S/C12H15F4NO2/c13-10-2-1-9(11(7-10)12(14,15)16)8-17-3-5-19-6-4-18/h1-2,7,17-18H,3-6,8H2. The van der Waals surface area contributed by atoms with E-state index in [1.807, 2.05) is 0 Å². The minimum absolute atomic E-state index is 0.0175. The van der Waals surface area contributed by atoms with Crippen molar-refractivity contribution >= 4 is 0 Å². The van der Waals surface area contributed by atoms with Crippen LogP contribution in [0.4, 0.5) is 17.6 Å². The van der Waals surface area contributed by atoms with E-state index in [1.54, 1.807) is 0 Å². The van der Waals surface area contributed by atoms with Crippen molar-refractivity contribution in [2.45, 2.75) is 12.7 Å². The summed E-state index contributed by atoms with van der Waals surface area (Å²) < 4.78 is 55.8. The summed E-state index contributed by atoms with van der Waals surface area (Å²) in [5.41, 5.74) is -0.993. The lowest BCUT2D eigenvalue weighted by atomic mass is 10.1. The fourth-order valence-electron chi connectivity index (χ4n) is 1.50. The van der Waals surface area contributed by atoms with Crippen molar-refractivity contribution in [3.05, 3.63) is 35.1 Å². The highest BCUT2D eigenvalue weighted by Gasteiger charge is 2.33. The third-order valence-electron chi connectivity index (χ3n) is 2.35. The van der Waals surface area contributed by atoms with Crippen molar-refractivity contribution in [1.82, 2.24) is 5.32 Å². The highest BCUT2D eigenvalue weighted by Crippen LogP contribution is 2.32. The Labute approximate surface area is 108 Å². The third-order valence-corrected chi connectivity index (χ3v) is 2.35. The van der Waals surface area contributed by atoms with Crippen LogP contribution >= 0.6 is 0 Å². The molecular weight excluding hydrogens is 266 g/mol. The zero-order valence-electron chi connectivity index (χ0n) is 10.1. The van der Waals surface area contributed by atoms with Gasteiger partial charge >= 0.3 is 6.18 Å². The number of alkyl halides is 3.